The molecule has 0 aromatic heterocycles. The summed E-state index contributed by atoms with van der Waals surface area (Å²) in [6, 6.07) is 7.17. The van der Waals surface area contributed by atoms with Gasteiger partial charge in [-0.3, -0.25) is 4.79 Å². The van der Waals surface area contributed by atoms with Crippen molar-refractivity contribution in [3.63, 3.8) is 0 Å². The van der Waals surface area contributed by atoms with Crippen LogP contribution in [0.5, 0.6) is 0 Å². The zero-order valence-electron chi connectivity index (χ0n) is 12.1. The molecule has 1 amide bonds. The summed E-state index contributed by atoms with van der Waals surface area (Å²) in [7, 11) is 0. The van der Waals surface area contributed by atoms with Crippen LogP contribution < -0.4 is 5.32 Å². The Balaban J connectivity index is 1.91. The number of carbonyl (C=O) groups is 1. The van der Waals surface area contributed by atoms with Gasteiger partial charge in [-0.15, -0.1) is 0 Å². The molecule has 0 saturated carbocycles. The average molecular weight is 326 g/mol. The van der Waals surface area contributed by atoms with E-state index in [4.69, 9.17) is 23.8 Å². The average Bonchev–Trinajstić information content (AvgIpc) is 2.52. The smallest absolute Gasteiger partial charge is 0.255 e. The first-order valence-corrected chi connectivity index (χ1v) is 7.98. The first-order chi connectivity index (χ1) is 10.1. The molecule has 1 aliphatic heterocycles. The van der Waals surface area contributed by atoms with Crippen molar-refractivity contribution in [3.8, 4) is 0 Å². The fourth-order valence-electron chi connectivity index (χ4n) is 2.26. The number of halogens is 1. The molecule has 4 nitrogen and oxygen atoms in total. The van der Waals surface area contributed by atoms with Crippen LogP contribution in [0.1, 0.15) is 23.7 Å². The Hall–Kier alpha value is -1.33. The minimum Gasteiger partial charge on any atom is -0.363 e. The number of amides is 1. The number of benzene rings is 1. The van der Waals surface area contributed by atoms with Crippen LogP contribution in [0.15, 0.2) is 24.3 Å². The van der Waals surface area contributed by atoms with Gasteiger partial charge >= 0.3 is 0 Å². The molecule has 6 heteroatoms. The summed E-state index contributed by atoms with van der Waals surface area (Å²) in [6.07, 6.45) is 1.05. The SMILES string of the molecule is CCCNC(=S)N1CCN(C(=O)c2ccccc2Cl)CC1. The van der Waals surface area contributed by atoms with E-state index in [-0.39, 0.29) is 5.91 Å². The molecule has 0 bridgehead atoms. The van der Waals surface area contributed by atoms with E-state index in [1.165, 1.54) is 0 Å². The Labute approximate surface area is 136 Å². The molecule has 1 fully saturated rings. The van der Waals surface area contributed by atoms with Gasteiger partial charge in [-0.1, -0.05) is 30.7 Å². The molecule has 1 aromatic carbocycles. The second-order valence-electron chi connectivity index (χ2n) is 4.99. The van der Waals surface area contributed by atoms with Gasteiger partial charge in [0.1, 0.15) is 0 Å². The van der Waals surface area contributed by atoms with Gasteiger partial charge in [0.15, 0.2) is 5.11 Å². The monoisotopic (exact) mass is 325 g/mol. The van der Waals surface area contributed by atoms with Crippen LogP contribution in [-0.4, -0.2) is 53.5 Å². The van der Waals surface area contributed by atoms with Crippen molar-refractivity contribution in [2.24, 2.45) is 0 Å². The molecular weight excluding hydrogens is 306 g/mol. The van der Waals surface area contributed by atoms with Crippen LogP contribution >= 0.6 is 23.8 Å². The summed E-state index contributed by atoms with van der Waals surface area (Å²) < 4.78 is 0. The number of piperazine rings is 1. The predicted octanol–water partition coefficient (Wildman–Crippen LogP) is 2.38. The normalized spacial score (nSPS) is 15.0. The van der Waals surface area contributed by atoms with Crippen molar-refractivity contribution in [2.75, 3.05) is 32.7 Å². The number of thiocarbonyl (C=S) groups is 1. The fourth-order valence-corrected chi connectivity index (χ4v) is 2.76. The summed E-state index contributed by atoms with van der Waals surface area (Å²) in [5.41, 5.74) is 0.569. The van der Waals surface area contributed by atoms with E-state index >= 15 is 0 Å². The molecule has 0 unspecified atom stereocenters. The van der Waals surface area contributed by atoms with Crippen LogP contribution in [0, 0.1) is 0 Å². The molecule has 1 heterocycles. The van der Waals surface area contributed by atoms with E-state index in [1.54, 1.807) is 12.1 Å². The van der Waals surface area contributed by atoms with Crippen molar-refractivity contribution in [2.45, 2.75) is 13.3 Å². The van der Waals surface area contributed by atoms with Gasteiger partial charge in [-0.2, -0.15) is 0 Å². The van der Waals surface area contributed by atoms with Crippen LogP contribution in [0.25, 0.3) is 0 Å². The molecule has 1 N–H and O–H groups in total. The van der Waals surface area contributed by atoms with Crippen LogP contribution in [0.4, 0.5) is 0 Å². The van der Waals surface area contributed by atoms with Crippen LogP contribution in [-0.2, 0) is 0 Å². The highest BCUT2D eigenvalue weighted by molar-refractivity contribution is 7.80. The van der Waals surface area contributed by atoms with Crippen molar-refractivity contribution in [1.29, 1.82) is 0 Å². The second-order valence-corrected chi connectivity index (χ2v) is 5.78. The van der Waals surface area contributed by atoms with Crippen LogP contribution in [0.2, 0.25) is 5.02 Å². The zero-order chi connectivity index (χ0) is 15.2. The molecule has 1 aliphatic rings. The minimum atomic E-state index is -0.00677. The number of hydrogen-bond donors (Lipinski definition) is 1. The second kappa shape index (κ2) is 7.61. The summed E-state index contributed by atoms with van der Waals surface area (Å²) in [4.78, 5) is 16.4. The molecule has 1 saturated heterocycles. The Morgan fingerprint density at radius 1 is 1.24 bits per heavy atom. The van der Waals surface area contributed by atoms with E-state index in [1.807, 2.05) is 17.0 Å². The number of nitrogens with one attached hydrogen (secondary N) is 1. The highest BCUT2D eigenvalue weighted by Gasteiger charge is 2.24. The topological polar surface area (TPSA) is 35.6 Å². The summed E-state index contributed by atoms with van der Waals surface area (Å²) in [5, 5.41) is 4.50. The van der Waals surface area contributed by atoms with Crippen molar-refractivity contribution < 1.29 is 4.79 Å². The number of carbonyl (C=O) groups excluding carboxylic acids is 1. The highest BCUT2D eigenvalue weighted by atomic mass is 35.5. The molecule has 0 atom stereocenters. The maximum atomic E-state index is 12.4. The fraction of sp³-hybridized carbons (Fsp3) is 0.467. The minimum absolute atomic E-state index is 0.00677. The molecular formula is C15H20ClN3OS. The maximum Gasteiger partial charge on any atom is 0.255 e. The molecule has 21 heavy (non-hydrogen) atoms. The molecule has 1 aromatic rings. The predicted molar refractivity (Wildman–Crippen MR) is 89.8 cm³/mol. The lowest BCUT2D eigenvalue weighted by Crippen LogP contribution is -2.53. The number of nitrogens with zero attached hydrogens (tertiary/aromatic N) is 2. The Morgan fingerprint density at radius 3 is 2.48 bits per heavy atom. The molecule has 114 valence electrons. The standard InChI is InChI=1S/C15H20ClN3OS/c1-2-7-17-15(21)19-10-8-18(9-11-19)14(20)12-5-3-4-6-13(12)16/h3-6H,2,7-11H2,1H3,(H,17,21). The number of rotatable bonds is 3. The quantitative estimate of drug-likeness (QED) is 0.866. The van der Waals surface area contributed by atoms with E-state index in [0.717, 1.165) is 31.2 Å². The third kappa shape index (κ3) is 4.08. The lowest BCUT2D eigenvalue weighted by Gasteiger charge is -2.36. The molecule has 0 spiro atoms. The van der Waals surface area contributed by atoms with Crippen LogP contribution in [0.3, 0.4) is 0 Å². The first-order valence-electron chi connectivity index (χ1n) is 7.20. The summed E-state index contributed by atoms with van der Waals surface area (Å²) in [5.74, 6) is -0.00677. The van der Waals surface area contributed by atoms with Crippen molar-refractivity contribution in [1.82, 2.24) is 15.1 Å². The maximum absolute atomic E-state index is 12.4. The van der Waals surface area contributed by atoms with Gasteiger partial charge in [-0.25, -0.2) is 0 Å². The van der Waals surface area contributed by atoms with Gasteiger partial charge in [-0.05, 0) is 30.8 Å². The molecule has 0 radical (unpaired) electrons. The van der Waals surface area contributed by atoms with E-state index < -0.39 is 0 Å². The molecule has 2 rings (SSSR count). The van der Waals surface area contributed by atoms with Gasteiger partial charge < -0.3 is 15.1 Å². The van der Waals surface area contributed by atoms with Crippen molar-refractivity contribution >= 4 is 34.8 Å². The van der Waals surface area contributed by atoms with E-state index in [2.05, 4.69) is 17.1 Å². The first kappa shape index (κ1) is 16.0. The zero-order valence-corrected chi connectivity index (χ0v) is 13.7. The highest BCUT2D eigenvalue weighted by Crippen LogP contribution is 2.18. The third-order valence-corrected chi connectivity index (χ3v) is 4.22. The van der Waals surface area contributed by atoms with E-state index in [0.29, 0.717) is 23.7 Å². The van der Waals surface area contributed by atoms with Gasteiger partial charge in [0.05, 0.1) is 10.6 Å². The van der Waals surface area contributed by atoms with Gasteiger partial charge in [0.2, 0.25) is 0 Å². The third-order valence-electron chi connectivity index (χ3n) is 3.48. The van der Waals surface area contributed by atoms with E-state index in [9.17, 15) is 4.79 Å². The molecule has 0 aliphatic carbocycles. The lowest BCUT2D eigenvalue weighted by atomic mass is 10.2. The Bertz CT molecular complexity index is 515. The summed E-state index contributed by atoms with van der Waals surface area (Å²) >= 11 is 11.4. The van der Waals surface area contributed by atoms with Gasteiger partial charge in [0, 0.05) is 32.7 Å². The number of hydrogen-bond acceptors (Lipinski definition) is 2. The Morgan fingerprint density at radius 2 is 1.86 bits per heavy atom. The largest absolute Gasteiger partial charge is 0.363 e. The summed E-state index contributed by atoms with van der Waals surface area (Å²) in [6.45, 7) is 5.83. The van der Waals surface area contributed by atoms with Crippen molar-refractivity contribution in [3.05, 3.63) is 34.9 Å². The van der Waals surface area contributed by atoms with Gasteiger partial charge in [0.25, 0.3) is 5.91 Å². The lowest BCUT2D eigenvalue weighted by molar-refractivity contribution is 0.0691. The Kier molecular flexibility index (Phi) is 5.82.